The number of nitrogens with two attached hydrogens (primary N) is 1. The summed E-state index contributed by atoms with van der Waals surface area (Å²) in [6.45, 7) is 5.55. The van der Waals surface area contributed by atoms with Crippen molar-refractivity contribution in [1.29, 1.82) is 0 Å². The summed E-state index contributed by atoms with van der Waals surface area (Å²) in [5, 5.41) is 2.93. The quantitative estimate of drug-likeness (QED) is 0.803. The number of carbonyl (C=O) groups excluding carboxylic acids is 2. The van der Waals surface area contributed by atoms with Crippen LogP contribution < -0.4 is 11.1 Å². The third kappa shape index (κ3) is 4.55. The van der Waals surface area contributed by atoms with Gasteiger partial charge in [0, 0.05) is 31.6 Å². The van der Waals surface area contributed by atoms with Gasteiger partial charge in [0.2, 0.25) is 11.8 Å². The summed E-state index contributed by atoms with van der Waals surface area (Å²) < 4.78 is 0. The van der Waals surface area contributed by atoms with Crippen LogP contribution in [0, 0.1) is 5.92 Å². The maximum atomic E-state index is 12.3. The summed E-state index contributed by atoms with van der Waals surface area (Å²) in [4.78, 5) is 26.2. The summed E-state index contributed by atoms with van der Waals surface area (Å²) in [6.07, 6.45) is 1.91. The first kappa shape index (κ1) is 17.5. The van der Waals surface area contributed by atoms with E-state index in [0.717, 1.165) is 18.4 Å². The molecular formula is C18H27N3O2. The van der Waals surface area contributed by atoms with Gasteiger partial charge in [-0.15, -0.1) is 0 Å². The minimum absolute atomic E-state index is 0.0407. The summed E-state index contributed by atoms with van der Waals surface area (Å²) in [7, 11) is 0. The molecule has 1 aromatic rings. The molecule has 0 radical (unpaired) electrons. The zero-order valence-corrected chi connectivity index (χ0v) is 14.0. The summed E-state index contributed by atoms with van der Waals surface area (Å²) in [5.74, 6) is -0.297. The van der Waals surface area contributed by atoms with Gasteiger partial charge in [-0.2, -0.15) is 0 Å². The molecule has 1 saturated heterocycles. The molecule has 0 aromatic heterocycles. The Morgan fingerprint density at radius 1 is 1.30 bits per heavy atom. The fraction of sp³-hybridized carbons (Fsp3) is 0.556. The molecule has 1 aliphatic rings. The van der Waals surface area contributed by atoms with Crippen LogP contribution >= 0.6 is 0 Å². The van der Waals surface area contributed by atoms with E-state index in [4.69, 9.17) is 5.73 Å². The molecule has 3 N–H and O–H groups in total. The molecule has 1 aliphatic heterocycles. The van der Waals surface area contributed by atoms with E-state index in [9.17, 15) is 9.59 Å². The van der Waals surface area contributed by atoms with Gasteiger partial charge >= 0.3 is 0 Å². The van der Waals surface area contributed by atoms with Crippen molar-refractivity contribution in [2.45, 2.75) is 45.2 Å². The van der Waals surface area contributed by atoms with Crippen LogP contribution in [0.2, 0.25) is 0 Å². The third-order valence-corrected chi connectivity index (χ3v) is 4.82. The van der Waals surface area contributed by atoms with Gasteiger partial charge in [-0.25, -0.2) is 0 Å². The zero-order valence-electron chi connectivity index (χ0n) is 14.0. The lowest BCUT2D eigenvalue weighted by Crippen LogP contribution is -2.50. The molecule has 0 spiro atoms. The largest absolute Gasteiger partial charge is 0.354 e. The van der Waals surface area contributed by atoms with Crippen LogP contribution in [0.1, 0.15) is 38.7 Å². The number of rotatable bonds is 7. The highest BCUT2D eigenvalue weighted by molar-refractivity contribution is 5.89. The monoisotopic (exact) mass is 317 g/mol. The van der Waals surface area contributed by atoms with Gasteiger partial charge in [0.1, 0.15) is 0 Å². The van der Waals surface area contributed by atoms with Crippen molar-refractivity contribution in [3.05, 3.63) is 35.9 Å². The van der Waals surface area contributed by atoms with E-state index >= 15 is 0 Å². The predicted octanol–water partition coefficient (Wildman–Crippen LogP) is 1.67. The fourth-order valence-corrected chi connectivity index (χ4v) is 2.81. The van der Waals surface area contributed by atoms with Crippen LogP contribution in [-0.2, 0) is 16.1 Å². The van der Waals surface area contributed by atoms with Crippen molar-refractivity contribution >= 4 is 11.8 Å². The number of amides is 2. The van der Waals surface area contributed by atoms with Gasteiger partial charge in [0.25, 0.3) is 0 Å². The Morgan fingerprint density at radius 2 is 1.96 bits per heavy atom. The molecule has 1 aromatic carbocycles. The lowest BCUT2D eigenvalue weighted by atomic mass is 9.94. The van der Waals surface area contributed by atoms with Crippen molar-refractivity contribution in [3.63, 3.8) is 0 Å². The van der Waals surface area contributed by atoms with Gasteiger partial charge < -0.3 is 16.0 Å². The lowest BCUT2D eigenvalue weighted by Gasteiger charge is -2.27. The molecule has 0 aliphatic carbocycles. The summed E-state index contributed by atoms with van der Waals surface area (Å²) in [6, 6.07) is 9.84. The first-order chi connectivity index (χ1) is 11.0. The zero-order chi connectivity index (χ0) is 16.9. The molecule has 2 rings (SSSR count). The Labute approximate surface area is 138 Å². The second kappa shape index (κ2) is 7.59. The summed E-state index contributed by atoms with van der Waals surface area (Å²) >= 11 is 0. The van der Waals surface area contributed by atoms with Crippen LogP contribution in [-0.4, -0.2) is 35.3 Å². The van der Waals surface area contributed by atoms with Crippen LogP contribution in [0.25, 0.3) is 0 Å². The highest BCUT2D eigenvalue weighted by Crippen LogP contribution is 2.20. The van der Waals surface area contributed by atoms with E-state index in [-0.39, 0.29) is 29.7 Å². The topological polar surface area (TPSA) is 75.4 Å². The van der Waals surface area contributed by atoms with Crippen LogP contribution in [0.4, 0.5) is 0 Å². The molecular weight excluding hydrogens is 290 g/mol. The van der Waals surface area contributed by atoms with Crippen molar-refractivity contribution in [2.75, 3.05) is 13.1 Å². The minimum Gasteiger partial charge on any atom is -0.354 e. The Hall–Kier alpha value is -1.88. The number of hydrogen-bond donors (Lipinski definition) is 2. The second-order valence-corrected chi connectivity index (χ2v) is 6.45. The minimum atomic E-state index is -0.359. The molecule has 126 valence electrons. The molecule has 2 amide bonds. The number of benzene rings is 1. The number of hydrogen-bond acceptors (Lipinski definition) is 3. The number of carbonyl (C=O) groups is 2. The van der Waals surface area contributed by atoms with Crippen molar-refractivity contribution in [3.8, 4) is 0 Å². The average Bonchev–Trinajstić information content (AvgIpc) is 2.94. The SMILES string of the molecule is CCC(N)(CC)CNC(=O)C1CC(=O)N(Cc2ccccc2)C1. The van der Waals surface area contributed by atoms with E-state index < -0.39 is 0 Å². The molecule has 0 bridgehead atoms. The van der Waals surface area contributed by atoms with Gasteiger partial charge in [-0.1, -0.05) is 44.2 Å². The molecule has 0 saturated carbocycles. The van der Waals surface area contributed by atoms with Crippen molar-refractivity contribution < 1.29 is 9.59 Å². The Balaban J connectivity index is 1.88. The molecule has 23 heavy (non-hydrogen) atoms. The standard InChI is InChI=1S/C18H27N3O2/c1-3-18(19,4-2)13-20-17(23)15-10-16(22)21(12-15)11-14-8-6-5-7-9-14/h5-9,15H,3-4,10-13,19H2,1-2H3,(H,20,23). The second-order valence-electron chi connectivity index (χ2n) is 6.45. The number of nitrogens with one attached hydrogen (secondary N) is 1. The van der Waals surface area contributed by atoms with Crippen molar-refractivity contribution in [1.82, 2.24) is 10.2 Å². The molecule has 1 atom stereocenters. The number of likely N-dealkylation sites (tertiary alicyclic amines) is 1. The first-order valence-corrected chi connectivity index (χ1v) is 8.35. The van der Waals surface area contributed by atoms with Crippen LogP contribution in [0.5, 0.6) is 0 Å². The van der Waals surface area contributed by atoms with E-state index in [2.05, 4.69) is 5.32 Å². The lowest BCUT2D eigenvalue weighted by molar-refractivity contribution is -0.129. The van der Waals surface area contributed by atoms with Crippen LogP contribution in [0.15, 0.2) is 30.3 Å². The molecule has 1 heterocycles. The van der Waals surface area contributed by atoms with Gasteiger partial charge in [0.05, 0.1) is 5.92 Å². The van der Waals surface area contributed by atoms with Gasteiger partial charge in [-0.05, 0) is 18.4 Å². The predicted molar refractivity (Wildman–Crippen MR) is 90.5 cm³/mol. The Bertz CT molecular complexity index is 540. The molecule has 1 unspecified atom stereocenters. The van der Waals surface area contributed by atoms with E-state index in [1.165, 1.54) is 0 Å². The van der Waals surface area contributed by atoms with E-state index in [1.54, 1.807) is 4.90 Å². The normalized spacial score (nSPS) is 18.3. The van der Waals surface area contributed by atoms with E-state index in [0.29, 0.717) is 19.6 Å². The third-order valence-electron chi connectivity index (χ3n) is 4.82. The highest BCUT2D eigenvalue weighted by atomic mass is 16.2. The summed E-state index contributed by atoms with van der Waals surface area (Å²) in [5.41, 5.74) is 6.93. The average molecular weight is 317 g/mol. The molecule has 5 heteroatoms. The highest BCUT2D eigenvalue weighted by Gasteiger charge is 2.34. The molecule has 1 fully saturated rings. The van der Waals surface area contributed by atoms with Crippen molar-refractivity contribution in [2.24, 2.45) is 11.7 Å². The number of nitrogens with zero attached hydrogens (tertiary/aromatic N) is 1. The fourth-order valence-electron chi connectivity index (χ4n) is 2.81. The molecule has 5 nitrogen and oxygen atoms in total. The Kier molecular flexibility index (Phi) is 5.77. The van der Waals surface area contributed by atoms with E-state index in [1.807, 2.05) is 44.2 Å². The maximum absolute atomic E-state index is 12.3. The smallest absolute Gasteiger partial charge is 0.225 e. The van der Waals surface area contributed by atoms with Gasteiger partial charge in [-0.3, -0.25) is 9.59 Å². The first-order valence-electron chi connectivity index (χ1n) is 8.35. The maximum Gasteiger partial charge on any atom is 0.225 e. The Morgan fingerprint density at radius 3 is 2.57 bits per heavy atom. The van der Waals surface area contributed by atoms with Crippen LogP contribution in [0.3, 0.4) is 0 Å². The van der Waals surface area contributed by atoms with Gasteiger partial charge in [0.15, 0.2) is 0 Å².